The molecular weight excluding hydrogens is 655 g/mol. The quantitative estimate of drug-likeness (QED) is 0.160. The highest BCUT2D eigenvalue weighted by Crippen LogP contribution is 2.52. The van der Waals surface area contributed by atoms with Crippen molar-refractivity contribution in [2.45, 2.75) is 0 Å². The highest BCUT2D eigenvalue weighted by atomic mass is 32.1. The van der Waals surface area contributed by atoms with Gasteiger partial charge in [0.2, 0.25) is 0 Å². The summed E-state index contributed by atoms with van der Waals surface area (Å²) in [6, 6.07) is 60.8. The minimum Gasteiger partial charge on any atom is -0.308 e. The summed E-state index contributed by atoms with van der Waals surface area (Å²) < 4.78 is 7.88. The molecule has 0 fully saturated rings. The fraction of sp³-hybridized carbons (Fsp3) is 0. The molecule has 0 amide bonds. The van der Waals surface area contributed by atoms with Crippen molar-refractivity contribution in [1.82, 2.24) is 4.57 Å². The Balaban J connectivity index is 1.23. The number of hydrogen-bond acceptors (Lipinski definition) is 2. The molecule has 0 aliphatic carbocycles. The molecule has 9 aromatic carbocycles. The smallest absolute Gasteiger partial charge is 0.0726 e. The Morgan fingerprint density at radius 1 is 0.333 bits per heavy atom. The lowest BCUT2D eigenvalue weighted by molar-refractivity contribution is 1.19. The summed E-state index contributed by atoms with van der Waals surface area (Å²) in [5.41, 5.74) is 6.23. The van der Waals surface area contributed by atoms with E-state index in [2.05, 4.69) is 168 Å². The summed E-state index contributed by atoms with van der Waals surface area (Å²) in [7, 11) is 0. The third-order valence-electron chi connectivity index (χ3n) is 11.0. The molecule has 0 atom stereocenters. The second kappa shape index (κ2) is 10.3. The number of aromatic nitrogens is 1. The number of rotatable bonds is 2. The van der Waals surface area contributed by atoms with Gasteiger partial charge in [0.15, 0.2) is 0 Å². The van der Waals surface area contributed by atoms with Gasteiger partial charge in [0.1, 0.15) is 0 Å². The van der Waals surface area contributed by atoms with Gasteiger partial charge in [-0.25, -0.2) is 0 Å². The Labute approximate surface area is 300 Å². The van der Waals surface area contributed by atoms with E-state index in [1.54, 1.807) is 0 Å². The van der Waals surface area contributed by atoms with Crippen LogP contribution in [0.15, 0.2) is 164 Å². The minimum absolute atomic E-state index is 1.18. The first-order valence-corrected chi connectivity index (χ1v) is 19.1. The predicted molar refractivity (Wildman–Crippen MR) is 225 cm³/mol. The second-order valence-electron chi connectivity index (χ2n) is 13.5. The monoisotopic (exact) mass is 681 g/mol. The molecule has 0 unspecified atom stereocenters. The molecule has 1 nitrogen and oxygen atoms in total. The molecule has 3 heteroatoms. The molecule has 0 N–H and O–H groups in total. The minimum atomic E-state index is 1.18. The second-order valence-corrected chi connectivity index (χ2v) is 15.7. The van der Waals surface area contributed by atoms with E-state index in [1.807, 2.05) is 22.7 Å². The predicted octanol–water partition coefficient (Wildman–Crippen LogP) is 14.6. The molecule has 0 aliphatic heterocycles. The molecule has 3 heterocycles. The van der Waals surface area contributed by atoms with Gasteiger partial charge in [-0.3, -0.25) is 0 Å². The lowest BCUT2D eigenvalue weighted by Crippen LogP contribution is -1.94. The lowest BCUT2D eigenvalue weighted by atomic mass is 9.89. The van der Waals surface area contributed by atoms with Crippen molar-refractivity contribution in [2.75, 3.05) is 0 Å². The Hall–Kier alpha value is -6.00. The summed E-state index contributed by atoms with van der Waals surface area (Å²) in [5, 5.41) is 15.9. The van der Waals surface area contributed by atoms with Gasteiger partial charge in [-0.2, -0.15) is 0 Å². The van der Waals surface area contributed by atoms with Gasteiger partial charge in [0.05, 0.1) is 15.7 Å². The van der Waals surface area contributed by atoms with Crippen LogP contribution < -0.4 is 0 Å². The van der Waals surface area contributed by atoms with Crippen LogP contribution in [0.25, 0.3) is 111 Å². The number of thiophene rings is 2. The maximum atomic E-state index is 2.54. The lowest BCUT2D eigenvalue weighted by Gasteiger charge is -2.15. The van der Waals surface area contributed by atoms with Crippen molar-refractivity contribution in [1.29, 1.82) is 0 Å². The average molecular weight is 682 g/mol. The fourth-order valence-electron chi connectivity index (χ4n) is 8.86. The van der Waals surface area contributed by atoms with Crippen LogP contribution in [0.3, 0.4) is 0 Å². The molecule has 0 bridgehead atoms. The molecule has 51 heavy (non-hydrogen) atoms. The van der Waals surface area contributed by atoms with E-state index < -0.39 is 0 Å². The third-order valence-corrected chi connectivity index (χ3v) is 13.4. The van der Waals surface area contributed by atoms with Gasteiger partial charge in [-0.1, -0.05) is 133 Å². The maximum absolute atomic E-state index is 2.54. The van der Waals surface area contributed by atoms with Gasteiger partial charge >= 0.3 is 0 Å². The Morgan fingerprint density at radius 2 is 0.863 bits per heavy atom. The zero-order valence-electron chi connectivity index (χ0n) is 27.4. The largest absolute Gasteiger partial charge is 0.308 e. The van der Waals surface area contributed by atoms with Crippen LogP contribution in [-0.4, -0.2) is 4.57 Å². The number of benzene rings is 9. The van der Waals surface area contributed by atoms with Gasteiger partial charge in [-0.05, 0) is 63.0 Å². The van der Waals surface area contributed by atoms with Crippen molar-refractivity contribution < 1.29 is 0 Å². The number of hydrogen-bond donors (Lipinski definition) is 0. The standard InChI is InChI=1S/C48H27NS2/c1-3-15-34-31(12-1)32-13-2-4-16-35(32)43-42(34)44-37-17-5-8-21-39(37)49(46(44)48-45(43)38-18-7-10-23-41(38)51-48)29-26-24-28(25-27-29)30-19-11-20-36-33-14-6-9-22-40(33)50-47(30)36/h1-27H. The van der Waals surface area contributed by atoms with Crippen LogP contribution in [0.2, 0.25) is 0 Å². The van der Waals surface area contributed by atoms with E-state index in [9.17, 15) is 0 Å². The summed E-state index contributed by atoms with van der Waals surface area (Å²) in [4.78, 5) is 0. The van der Waals surface area contributed by atoms with Crippen LogP contribution in [-0.2, 0) is 0 Å². The Bertz CT molecular complexity index is 3410. The van der Waals surface area contributed by atoms with Crippen molar-refractivity contribution in [3.8, 4) is 16.8 Å². The van der Waals surface area contributed by atoms with Gasteiger partial charge in [-0.15, -0.1) is 22.7 Å². The van der Waals surface area contributed by atoms with Crippen LogP contribution in [0.4, 0.5) is 0 Å². The van der Waals surface area contributed by atoms with Crippen molar-refractivity contribution >= 4 is 117 Å². The highest BCUT2D eigenvalue weighted by Gasteiger charge is 2.24. The van der Waals surface area contributed by atoms with Crippen LogP contribution in [0.1, 0.15) is 0 Å². The molecular formula is C48H27NS2. The molecule has 0 radical (unpaired) electrons. The van der Waals surface area contributed by atoms with E-state index in [-0.39, 0.29) is 0 Å². The van der Waals surface area contributed by atoms with Gasteiger partial charge < -0.3 is 4.57 Å². The third kappa shape index (κ3) is 3.69. The van der Waals surface area contributed by atoms with Gasteiger partial charge in [0, 0.05) is 62.9 Å². The van der Waals surface area contributed by atoms with E-state index in [4.69, 9.17) is 0 Å². The van der Waals surface area contributed by atoms with E-state index in [0.29, 0.717) is 0 Å². The normalized spacial score (nSPS) is 12.3. The summed E-state index contributed by atoms with van der Waals surface area (Å²) in [6.45, 7) is 0. The number of para-hydroxylation sites is 1. The molecule has 12 aromatic rings. The van der Waals surface area contributed by atoms with Crippen LogP contribution in [0.5, 0.6) is 0 Å². The molecule has 0 spiro atoms. The summed E-state index contributed by atoms with van der Waals surface area (Å²) in [5.74, 6) is 0. The molecule has 3 aromatic heterocycles. The van der Waals surface area contributed by atoms with E-state index >= 15 is 0 Å². The SMILES string of the molecule is c1ccc2c(c1)sc1c(-c3ccc(-n4c5ccccc5c5c6c7ccccc7c7ccccc7c6c6c7ccccc7sc6c54)cc3)cccc12. The van der Waals surface area contributed by atoms with Crippen LogP contribution in [0, 0.1) is 0 Å². The fourth-order valence-corrected chi connectivity index (χ4v) is 11.4. The summed E-state index contributed by atoms with van der Waals surface area (Å²) in [6.07, 6.45) is 0. The highest BCUT2D eigenvalue weighted by molar-refractivity contribution is 7.27. The first-order valence-electron chi connectivity index (χ1n) is 17.4. The maximum Gasteiger partial charge on any atom is 0.0726 e. The number of nitrogens with zero attached hydrogens (tertiary/aromatic N) is 1. The van der Waals surface area contributed by atoms with Crippen molar-refractivity contribution in [3.63, 3.8) is 0 Å². The van der Waals surface area contributed by atoms with E-state index in [1.165, 1.54) is 111 Å². The summed E-state index contributed by atoms with van der Waals surface area (Å²) >= 11 is 3.82. The van der Waals surface area contributed by atoms with Crippen molar-refractivity contribution in [3.05, 3.63) is 164 Å². The Morgan fingerprint density at radius 3 is 1.59 bits per heavy atom. The first-order chi connectivity index (χ1) is 25.3. The van der Waals surface area contributed by atoms with E-state index in [0.717, 1.165) is 0 Å². The zero-order valence-corrected chi connectivity index (χ0v) is 29.0. The zero-order chi connectivity index (χ0) is 33.2. The van der Waals surface area contributed by atoms with Crippen molar-refractivity contribution in [2.24, 2.45) is 0 Å². The number of fused-ring (bicyclic) bond motifs is 18. The molecule has 0 saturated heterocycles. The average Bonchev–Trinajstić information content (AvgIpc) is 3.88. The molecule has 0 aliphatic rings. The Kier molecular flexibility index (Phi) is 5.59. The topological polar surface area (TPSA) is 4.93 Å². The molecule has 0 saturated carbocycles. The molecule has 12 rings (SSSR count). The van der Waals surface area contributed by atoms with Crippen LogP contribution >= 0.6 is 22.7 Å². The first kappa shape index (κ1) is 27.8. The van der Waals surface area contributed by atoms with Gasteiger partial charge in [0.25, 0.3) is 0 Å². The molecule has 236 valence electrons.